The zero-order valence-corrected chi connectivity index (χ0v) is 14.4. The Hall–Kier alpha value is -2.02. The van der Waals surface area contributed by atoms with E-state index in [1.807, 2.05) is 32.0 Å². The molecule has 1 rings (SSSR count). The van der Waals surface area contributed by atoms with Crippen molar-refractivity contribution in [3.8, 4) is 0 Å². The first-order valence-corrected chi connectivity index (χ1v) is 8.30. The zero-order chi connectivity index (χ0) is 17.2. The van der Waals surface area contributed by atoms with Crippen LogP contribution < -0.4 is 10.6 Å². The Morgan fingerprint density at radius 1 is 1.13 bits per heavy atom. The summed E-state index contributed by atoms with van der Waals surface area (Å²) in [4.78, 5) is 35.3. The van der Waals surface area contributed by atoms with Crippen molar-refractivity contribution in [2.75, 3.05) is 25.4 Å². The van der Waals surface area contributed by atoms with Crippen LogP contribution in [0.25, 0.3) is 0 Å². The fourth-order valence-corrected chi connectivity index (χ4v) is 2.60. The number of likely N-dealkylation sites (N-methyl/N-ethyl adjacent to an activating group) is 1. The van der Waals surface area contributed by atoms with E-state index in [2.05, 4.69) is 10.6 Å². The number of nitrogens with one attached hydrogen (secondary N) is 2. The Balaban J connectivity index is 2.27. The molecular formula is C16H22N2O4S. The van der Waals surface area contributed by atoms with Crippen LogP contribution in [-0.4, -0.2) is 43.2 Å². The van der Waals surface area contributed by atoms with E-state index < -0.39 is 11.9 Å². The van der Waals surface area contributed by atoms with Gasteiger partial charge in [-0.1, -0.05) is 17.7 Å². The maximum Gasteiger partial charge on any atom is 0.316 e. The first-order valence-electron chi connectivity index (χ1n) is 7.31. The third-order valence-electron chi connectivity index (χ3n) is 2.87. The Bertz CT molecular complexity index is 575. The average Bonchev–Trinajstić information content (AvgIpc) is 2.52. The molecule has 1 aromatic carbocycles. The highest BCUT2D eigenvalue weighted by molar-refractivity contribution is 8.00. The predicted molar refractivity (Wildman–Crippen MR) is 89.3 cm³/mol. The van der Waals surface area contributed by atoms with Crippen molar-refractivity contribution in [3.63, 3.8) is 0 Å². The Morgan fingerprint density at radius 3 is 2.57 bits per heavy atom. The third-order valence-corrected chi connectivity index (χ3v) is 4.00. The summed E-state index contributed by atoms with van der Waals surface area (Å²) in [7, 11) is 0. The van der Waals surface area contributed by atoms with E-state index in [1.165, 1.54) is 11.8 Å². The fraction of sp³-hybridized carbons (Fsp3) is 0.438. The van der Waals surface area contributed by atoms with Crippen LogP contribution in [-0.2, 0) is 19.1 Å². The summed E-state index contributed by atoms with van der Waals surface area (Å²) in [5, 5.41) is 4.93. The predicted octanol–water partition coefficient (Wildman–Crippen LogP) is 1.19. The van der Waals surface area contributed by atoms with Gasteiger partial charge in [0.05, 0.1) is 12.3 Å². The number of ether oxygens (including phenoxy) is 1. The van der Waals surface area contributed by atoms with Crippen molar-refractivity contribution in [3.05, 3.63) is 29.3 Å². The van der Waals surface area contributed by atoms with Gasteiger partial charge in [0.15, 0.2) is 6.61 Å². The second-order valence-electron chi connectivity index (χ2n) is 4.95. The first kappa shape index (κ1) is 19.0. The number of thioether (sulfide) groups is 1. The molecule has 126 valence electrons. The van der Waals surface area contributed by atoms with Gasteiger partial charge in [-0.3, -0.25) is 14.4 Å². The van der Waals surface area contributed by atoms with E-state index in [4.69, 9.17) is 4.74 Å². The van der Waals surface area contributed by atoms with E-state index in [9.17, 15) is 14.4 Å². The summed E-state index contributed by atoms with van der Waals surface area (Å²) in [6, 6.07) is 6.01. The monoisotopic (exact) mass is 338 g/mol. The largest absolute Gasteiger partial charge is 0.455 e. The molecule has 0 aliphatic heterocycles. The number of rotatable bonds is 8. The molecule has 0 aliphatic carbocycles. The van der Waals surface area contributed by atoms with Gasteiger partial charge in [0.2, 0.25) is 5.91 Å². The van der Waals surface area contributed by atoms with E-state index in [0.29, 0.717) is 6.54 Å². The van der Waals surface area contributed by atoms with Gasteiger partial charge in [-0.25, -0.2) is 0 Å². The lowest BCUT2D eigenvalue weighted by atomic mass is 10.2. The molecule has 0 saturated heterocycles. The van der Waals surface area contributed by atoms with E-state index >= 15 is 0 Å². The van der Waals surface area contributed by atoms with Crippen molar-refractivity contribution in [2.24, 2.45) is 0 Å². The number of hydrogen-bond acceptors (Lipinski definition) is 5. The van der Waals surface area contributed by atoms with Crippen LogP contribution in [0.3, 0.4) is 0 Å². The van der Waals surface area contributed by atoms with Crippen LogP contribution in [0.15, 0.2) is 23.1 Å². The van der Waals surface area contributed by atoms with Crippen molar-refractivity contribution < 1.29 is 19.1 Å². The Labute approximate surface area is 140 Å². The second kappa shape index (κ2) is 9.89. The summed E-state index contributed by atoms with van der Waals surface area (Å²) in [5.41, 5.74) is 2.21. The molecule has 0 fully saturated rings. The van der Waals surface area contributed by atoms with Gasteiger partial charge in [-0.05, 0) is 32.4 Å². The number of carbonyl (C=O) groups excluding carboxylic acids is 3. The normalized spacial score (nSPS) is 10.0. The van der Waals surface area contributed by atoms with Crippen LogP contribution in [0.2, 0.25) is 0 Å². The number of esters is 1. The molecule has 7 heteroatoms. The molecule has 0 bridgehead atoms. The van der Waals surface area contributed by atoms with Crippen LogP contribution in [0.1, 0.15) is 18.1 Å². The van der Waals surface area contributed by atoms with Crippen LogP contribution in [0, 0.1) is 13.8 Å². The number of carbonyl (C=O) groups is 3. The lowest BCUT2D eigenvalue weighted by Gasteiger charge is -2.08. The minimum Gasteiger partial charge on any atom is -0.455 e. The molecule has 0 aliphatic rings. The molecule has 0 saturated carbocycles. The average molecular weight is 338 g/mol. The topological polar surface area (TPSA) is 84.5 Å². The lowest BCUT2D eigenvalue weighted by molar-refractivity contribution is -0.146. The quantitative estimate of drug-likeness (QED) is 0.549. The smallest absolute Gasteiger partial charge is 0.316 e. The molecule has 0 aromatic heterocycles. The van der Waals surface area contributed by atoms with Crippen molar-refractivity contribution in [2.45, 2.75) is 25.7 Å². The standard InChI is InChI=1S/C16H22N2O4S/c1-4-17-14(19)8-18-15(20)9-22-16(21)10-23-13-7-11(2)5-6-12(13)3/h5-7H,4,8-10H2,1-3H3,(H,17,19)(H,18,20). The zero-order valence-electron chi connectivity index (χ0n) is 13.6. The molecule has 2 N–H and O–H groups in total. The summed E-state index contributed by atoms with van der Waals surface area (Å²) >= 11 is 1.38. The summed E-state index contributed by atoms with van der Waals surface area (Å²) in [5.74, 6) is -1.11. The molecular weight excluding hydrogens is 316 g/mol. The third kappa shape index (κ3) is 7.69. The molecule has 23 heavy (non-hydrogen) atoms. The lowest BCUT2D eigenvalue weighted by Crippen LogP contribution is -2.38. The van der Waals surface area contributed by atoms with Crippen LogP contribution in [0.4, 0.5) is 0 Å². The van der Waals surface area contributed by atoms with Gasteiger partial charge in [0, 0.05) is 11.4 Å². The molecule has 2 amide bonds. The highest BCUT2D eigenvalue weighted by Crippen LogP contribution is 2.23. The first-order chi connectivity index (χ1) is 10.9. The van der Waals surface area contributed by atoms with E-state index in [1.54, 1.807) is 6.92 Å². The molecule has 0 spiro atoms. The highest BCUT2D eigenvalue weighted by Gasteiger charge is 2.10. The van der Waals surface area contributed by atoms with Gasteiger partial charge in [0.1, 0.15) is 0 Å². The van der Waals surface area contributed by atoms with Gasteiger partial charge in [0.25, 0.3) is 5.91 Å². The molecule has 1 aromatic rings. The summed E-state index contributed by atoms with van der Waals surface area (Å²) in [6.45, 7) is 5.74. The molecule has 0 atom stereocenters. The number of aryl methyl sites for hydroxylation is 2. The number of amides is 2. The van der Waals surface area contributed by atoms with Crippen LogP contribution >= 0.6 is 11.8 Å². The second-order valence-corrected chi connectivity index (χ2v) is 5.97. The SMILES string of the molecule is CCNC(=O)CNC(=O)COC(=O)CSc1cc(C)ccc1C. The fourth-order valence-electron chi connectivity index (χ4n) is 1.68. The molecule has 0 radical (unpaired) electrons. The van der Waals surface area contributed by atoms with Gasteiger partial charge < -0.3 is 15.4 Å². The van der Waals surface area contributed by atoms with Gasteiger partial charge >= 0.3 is 5.97 Å². The minimum atomic E-state index is -0.499. The number of hydrogen-bond donors (Lipinski definition) is 2. The van der Waals surface area contributed by atoms with Crippen molar-refractivity contribution in [1.29, 1.82) is 0 Å². The number of benzene rings is 1. The summed E-state index contributed by atoms with van der Waals surface area (Å²) in [6.07, 6.45) is 0. The van der Waals surface area contributed by atoms with Crippen LogP contribution in [0.5, 0.6) is 0 Å². The van der Waals surface area contributed by atoms with E-state index in [0.717, 1.165) is 16.0 Å². The molecule has 6 nitrogen and oxygen atoms in total. The minimum absolute atomic E-state index is 0.124. The molecule has 0 heterocycles. The van der Waals surface area contributed by atoms with Gasteiger partial charge in [-0.2, -0.15) is 0 Å². The maximum absolute atomic E-state index is 11.7. The van der Waals surface area contributed by atoms with Crippen molar-refractivity contribution in [1.82, 2.24) is 10.6 Å². The summed E-state index contributed by atoms with van der Waals surface area (Å²) < 4.78 is 4.88. The molecule has 0 unspecified atom stereocenters. The van der Waals surface area contributed by atoms with Crippen molar-refractivity contribution >= 4 is 29.5 Å². The van der Waals surface area contributed by atoms with Gasteiger partial charge in [-0.15, -0.1) is 11.8 Å². The Kier molecular flexibility index (Phi) is 8.18. The maximum atomic E-state index is 11.7. The highest BCUT2D eigenvalue weighted by atomic mass is 32.2. The van der Waals surface area contributed by atoms with E-state index in [-0.39, 0.29) is 24.8 Å². The Morgan fingerprint density at radius 2 is 1.87 bits per heavy atom.